The van der Waals surface area contributed by atoms with Gasteiger partial charge in [0.2, 0.25) is 0 Å². The van der Waals surface area contributed by atoms with Crippen molar-refractivity contribution in [2.24, 2.45) is 0 Å². The summed E-state index contributed by atoms with van der Waals surface area (Å²) < 4.78 is 0. The highest BCUT2D eigenvalue weighted by molar-refractivity contribution is 6.45. The molecule has 216 valence electrons. The Morgan fingerprint density at radius 1 is 0.333 bits per heavy atom. The van der Waals surface area contributed by atoms with Gasteiger partial charge in [-0.15, -0.1) is 0 Å². The fourth-order valence-corrected chi connectivity index (χ4v) is 8.19. The van der Waals surface area contributed by atoms with Crippen molar-refractivity contribution in [3.8, 4) is 0 Å². The second kappa shape index (κ2) is 12.2. The summed E-state index contributed by atoms with van der Waals surface area (Å²) >= 11 is 0. The maximum atomic E-state index is 2.55. The van der Waals surface area contributed by atoms with Crippen LogP contribution in [0.25, 0.3) is 64.6 Å². The lowest BCUT2D eigenvalue weighted by Crippen LogP contribution is -1.98. The van der Waals surface area contributed by atoms with Gasteiger partial charge in [-0.25, -0.2) is 0 Å². The van der Waals surface area contributed by atoms with Gasteiger partial charge < -0.3 is 0 Å². The summed E-state index contributed by atoms with van der Waals surface area (Å²) in [6.07, 6.45) is 21.5. The van der Waals surface area contributed by atoms with E-state index in [2.05, 4.69) is 74.5 Å². The maximum Gasteiger partial charge on any atom is -0.00111 e. The number of hydrogen-bond donors (Lipinski definition) is 0. The predicted octanol–water partition coefficient (Wildman–Crippen LogP) is 13.5. The maximum absolute atomic E-state index is 2.55. The van der Waals surface area contributed by atoms with Gasteiger partial charge in [-0.3, -0.25) is 0 Å². The molecule has 0 aliphatic carbocycles. The van der Waals surface area contributed by atoms with E-state index in [-0.39, 0.29) is 0 Å². The van der Waals surface area contributed by atoms with Crippen LogP contribution in [0.3, 0.4) is 0 Å². The molecule has 0 N–H and O–H groups in total. The molecule has 0 nitrogen and oxygen atoms in total. The highest BCUT2D eigenvalue weighted by Gasteiger charge is 2.22. The van der Waals surface area contributed by atoms with E-state index < -0.39 is 0 Å². The van der Waals surface area contributed by atoms with Crippen LogP contribution in [0.2, 0.25) is 0 Å². The molecule has 0 spiro atoms. The van der Waals surface area contributed by atoms with Crippen LogP contribution in [0.5, 0.6) is 0 Å². The van der Waals surface area contributed by atoms with Crippen LogP contribution < -0.4 is 0 Å². The van der Waals surface area contributed by atoms with Gasteiger partial charge in [0, 0.05) is 0 Å². The number of hydrogen-bond acceptors (Lipinski definition) is 0. The molecule has 42 heavy (non-hydrogen) atoms. The van der Waals surface area contributed by atoms with Crippen molar-refractivity contribution in [3.63, 3.8) is 0 Å². The summed E-state index contributed by atoms with van der Waals surface area (Å²) in [5, 5.41) is 17.7. The van der Waals surface area contributed by atoms with Crippen molar-refractivity contribution in [2.45, 2.75) is 117 Å². The first-order valence-electron chi connectivity index (χ1n) is 17.4. The van der Waals surface area contributed by atoms with Gasteiger partial charge in [0.15, 0.2) is 0 Å². The molecule has 0 fully saturated rings. The van der Waals surface area contributed by atoms with Gasteiger partial charge in [0.25, 0.3) is 0 Å². The zero-order valence-electron chi connectivity index (χ0n) is 26.1. The summed E-state index contributed by atoms with van der Waals surface area (Å²) in [5.41, 5.74) is 3.10. The molecule has 0 saturated heterocycles. The second-order valence-electron chi connectivity index (χ2n) is 13.3. The highest BCUT2D eigenvalue weighted by Crippen LogP contribution is 2.49. The molecule has 0 bridgehead atoms. The third kappa shape index (κ3) is 4.86. The van der Waals surface area contributed by atoms with Crippen LogP contribution in [0, 0.1) is 0 Å². The van der Waals surface area contributed by atoms with Gasteiger partial charge in [-0.2, -0.15) is 0 Å². The second-order valence-corrected chi connectivity index (χ2v) is 13.3. The third-order valence-electron chi connectivity index (χ3n) is 10.4. The fraction of sp³-hybridized carbons (Fsp3) is 0.429. The Kier molecular flexibility index (Phi) is 8.07. The lowest BCUT2D eigenvalue weighted by atomic mass is 9.80. The van der Waals surface area contributed by atoms with Crippen LogP contribution in [0.15, 0.2) is 60.7 Å². The molecule has 7 aromatic carbocycles. The van der Waals surface area contributed by atoms with Gasteiger partial charge in [-0.05, 0) is 101 Å². The third-order valence-corrected chi connectivity index (χ3v) is 10.4. The van der Waals surface area contributed by atoms with Crippen LogP contribution in [0.1, 0.15) is 115 Å². The van der Waals surface area contributed by atoms with Crippen molar-refractivity contribution < 1.29 is 0 Å². The van der Waals surface area contributed by atoms with E-state index in [4.69, 9.17) is 0 Å². The van der Waals surface area contributed by atoms with Gasteiger partial charge in [-0.1, -0.05) is 152 Å². The molecular weight excluding hydrogens is 504 g/mol. The summed E-state index contributed by atoms with van der Waals surface area (Å²) in [6, 6.07) is 24.3. The SMILES string of the molecule is CCCCCCCCCCCCc1cc2ccc3ccc4ccc5c(CCCCCC)cc6ccc1c1c2c3c4c5c61. The van der Waals surface area contributed by atoms with E-state index in [9.17, 15) is 0 Å². The van der Waals surface area contributed by atoms with Gasteiger partial charge in [0.05, 0.1) is 0 Å². The minimum Gasteiger partial charge on any atom is -0.0654 e. The fourth-order valence-electron chi connectivity index (χ4n) is 8.19. The molecule has 0 aliphatic heterocycles. The monoisotopic (exact) mass is 552 g/mol. The molecule has 0 heteroatoms. The van der Waals surface area contributed by atoms with E-state index in [0.29, 0.717) is 0 Å². The van der Waals surface area contributed by atoms with Crippen LogP contribution >= 0.6 is 0 Å². The molecule has 0 radical (unpaired) electrons. The van der Waals surface area contributed by atoms with Crippen molar-refractivity contribution >= 4 is 64.6 Å². The zero-order valence-corrected chi connectivity index (χ0v) is 26.1. The standard InChI is InChI=1S/C42H48/c1-3-5-7-9-10-11-12-13-14-16-18-32-27-33-22-21-29-19-20-30-23-25-35-31(17-15-8-6-4-2)28-34-24-26-36(32)42-39(33)37(29)38(30)41(35)40(34)42/h19-28H,3-18H2,1-2H3. The van der Waals surface area contributed by atoms with E-state index >= 15 is 0 Å². The van der Waals surface area contributed by atoms with Crippen molar-refractivity contribution in [1.82, 2.24) is 0 Å². The minimum atomic E-state index is 1.18. The first kappa shape index (κ1) is 27.7. The Balaban J connectivity index is 1.26. The quantitative estimate of drug-likeness (QED) is 0.0635. The molecule has 0 heterocycles. The smallest absolute Gasteiger partial charge is 0.00111 e. The first-order chi connectivity index (χ1) is 20.8. The zero-order chi connectivity index (χ0) is 28.5. The summed E-state index contributed by atoms with van der Waals surface area (Å²) in [4.78, 5) is 0. The average molecular weight is 553 g/mol. The summed E-state index contributed by atoms with van der Waals surface area (Å²) in [5.74, 6) is 0. The summed E-state index contributed by atoms with van der Waals surface area (Å²) in [7, 11) is 0. The predicted molar refractivity (Wildman–Crippen MR) is 188 cm³/mol. The van der Waals surface area contributed by atoms with Gasteiger partial charge in [0.1, 0.15) is 0 Å². The Morgan fingerprint density at radius 3 is 1.19 bits per heavy atom. The first-order valence-corrected chi connectivity index (χ1v) is 17.4. The molecule has 0 aliphatic rings. The molecule has 0 unspecified atom stereocenters. The number of benzene rings is 7. The molecule has 7 rings (SSSR count). The number of aryl methyl sites for hydroxylation is 2. The topological polar surface area (TPSA) is 0 Å². The van der Waals surface area contributed by atoms with Crippen molar-refractivity contribution in [1.29, 1.82) is 0 Å². The summed E-state index contributed by atoms with van der Waals surface area (Å²) in [6.45, 7) is 4.61. The number of rotatable bonds is 16. The van der Waals surface area contributed by atoms with Crippen LogP contribution in [-0.4, -0.2) is 0 Å². The molecule has 0 aromatic heterocycles. The molecular formula is C42H48. The Labute approximate surface area is 252 Å². The number of unbranched alkanes of at least 4 members (excludes halogenated alkanes) is 12. The van der Waals surface area contributed by atoms with E-state index in [0.717, 1.165) is 0 Å². The van der Waals surface area contributed by atoms with Crippen molar-refractivity contribution in [3.05, 3.63) is 71.8 Å². The van der Waals surface area contributed by atoms with Crippen molar-refractivity contribution in [2.75, 3.05) is 0 Å². The lowest BCUT2D eigenvalue weighted by molar-refractivity contribution is 0.556. The Hall–Kier alpha value is -3.12. The lowest BCUT2D eigenvalue weighted by Gasteiger charge is -2.23. The van der Waals surface area contributed by atoms with Crippen LogP contribution in [0.4, 0.5) is 0 Å². The van der Waals surface area contributed by atoms with Gasteiger partial charge >= 0.3 is 0 Å². The largest absolute Gasteiger partial charge is 0.0654 e. The average Bonchev–Trinajstić information content (AvgIpc) is 3.02. The van der Waals surface area contributed by atoms with E-state index in [1.165, 1.54) is 167 Å². The minimum absolute atomic E-state index is 1.18. The van der Waals surface area contributed by atoms with Crippen LogP contribution in [-0.2, 0) is 12.8 Å². The van der Waals surface area contributed by atoms with E-state index in [1.807, 2.05) is 0 Å². The molecule has 0 atom stereocenters. The molecule has 0 amide bonds. The Morgan fingerprint density at radius 2 is 0.667 bits per heavy atom. The normalized spacial score (nSPS) is 12.6. The molecule has 0 saturated carbocycles. The van der Waals surface area contributed by atoms with E-state index in [1.54, 1.807) is 11.1 Å². The molecule has 7 aromatic rings. The highest BCUT2D eigenvalue weighted by atomic mass is 14.2. The Bertz CT molecular complexity index is 1900.